The van der Waals surface area contributed by atoms with Gasteiger partial charge in [0.25, 0.3) is 5.91 Å². The van der Waals surface area contributed by atoms with Crippen LogP contribution in [-0.2, 0) is 4.79 Å². The molecule has 2 aromatic rings. The number of H-pyrrole nitrogens is 1. The molecule has 1 atom stereocenters. The molecule has 2 aliphatic heterocycles. The van der Waals surface area contributed by atoms with Gasteiger partial charge in [0, 0.05) is 31.7 Å². The number of nitrogens with zero attached hydrogens (tertiary/aromatic N) is 4. The fraction of sp³-hybridized carbons (Fsp3) is 0.500. The zero-order valence-electron chi connectivity index (χ0n) is 16.2. The Morgan fingerprint density at radius 3 is 2.59 bits per heavy atom. The number of nitrogens with one attached hydrogen (secondary N) is 2. The minimum atomic E-state index is -0.381. The number of amides is 2. The number of piperidine rings is 2. The fourth-order valence-electron chi connectivity index (χ4n) is 3.91. The van der Waals surface area contributed by atoms with Crippen molar-refractivity contribution < 1.29 is 14.0 Å². The summed E-state index contributed by atoms with van der Waals surface area (Å²) in [4.78, 5) is 33.5. The quantitative estimate of drug-likeness (QED) is 0.822. The molecule has 0 radical (unpaired) electrons. The Kier molecular flexibility index (Phi) is 5.73. The Labute approximate surface area is 168 Å². The van der Waals surface area contributed by atoms with Gasteiger partial charge in [0.15, 0.2) is 0 Å². The van der Waals surface area contributed by atoms with E-state index in [-0.39, 0.29) is 23.5 Å². The molecular formula is C20H25FN6O2. The SMILES string of the molecule is O=C(Nc1nc(N2CCCCC2)n[nH]1)C1CCCN(C(=O)c2ccc(F)cc2)C1. The lowest BCUT2D eigenvalue weighted by Crippen LogP contribution is -2.43. The maximum atomic E-state index is 13.1. The first-order chi connectivity index (χ1) is 14.1. The van der Waals surface area contributed by atoms with Crippen molar-refractivity contribution in [3.8, 4) is 0 Å². The standard InChI is InChI=1S/C20H25FN6O2/c21-16-8-6-14(7-9-16)18(29)27-12-4-5-15(13-27)17(28)22-19-23-20(25-24-19)26-10-2-1-3-11-26/h6-9,15H,1-5,10-13H2,(H2,22,23,24,25,28). The molecule has 29 heavy (non-hydrogen) atoms. The summed E-state index contributed by atoms with van der Waals surface area (Å²) in [5.41, 5.74) is 0.425. The third kappa shape index (κ3) is 4.55. The molecule has 9 heteroatoms. The molecule has 0 bridgehead atoms. The van der Waals surface area contributed by atoms with E-state index >= 15 is 0 Å². The summed E-state index contributed by atoms with van der Waals surface area (Å²) in [6.07, 6.45) is 4.90. The summed E-state index contributed by atoms with van der Waals surface area (Å²) < 4.78 is 13.1. The highest BCUT2D eigenvalue weighted by Crippen LogP contribution is 2.21. The third-order valence-electron chi connectivity index (χ3n) is 5.52. The van der Waals surface area contributed by atoms with Gasteiger partial charge in [0.05, 0.1) is 5.92 Å². The van der Waals surface area contributed by atoms with Gasteiger partial charge in [-0.2, -0.15) is 4.98 Å². The molecule has 2 saturated heterocycles. The van der Waals surface area contributed by atoms with Crippen LogP contribution in [-0.4, -0.2) is 58.1 Å². The molecular weight excluding hydrogens is 375 g/mol. The highest BCUT2D eigenvalue weighted by Gasteiger charge is 2.29. The van der Waals surface area contributed by atoms with Gasteiger partial charge in [-0.25, -0.2) is 9.49 Å². The van der Waals surface area contributed by atoms with E-state index in [0.717, 1.165) is 32.4 Å². The smallest absolute Gasteiger partial charge is 0.253 e. The van der Waals surface area contributed by atoms with Gasteiger partial charge in [-0.05, 0) is 56.4 Å². The topological polar surface area (TPSA) is 94.2 Å². The molecule has 0 aliphatic carbocycles. The second kappa shape index (κ2) is 8.59. The van der Waals surface area contributed by atoms with E-state index < -0.39 is 0 Å². The van der Waals surface area contributed by atoms with Crippen molar-refractivity contribution in [3.05, 3.63) is 35.6 Å². The molecule has 0 spiro atoms. The minimum absolute atomic E-state index is 0.178. The molecule has 4 rings (SSSR count). The zero-order chi connectivity index (χ0) is 20.2. The molecule has 2 fully saturated rings. The molecule has 1 aromatic carbocycles. The number of benzene rings is 1. The van der Waals surface area contributed by atoms with Crippen molar-refractivity contribution in [2.24, 2.45) is 5.92 Å². The second-order valence-corrected chi connectivity index (χ2v) is 7.62. The monoisotopic (exact) mass is 400 g/mol. The molecule has 0 saturated carbocycles. The number of carbonyl (C=O) groups is 2. The lowest BCUT2D eigenvalue weighted by atomic mass is 9.96. The molecule has 2 aliphatic rings. The van der Waals surface area contributed by atoms with E-state index in [9.17, 15) is 14.0 Å². The van der Waals surface area contributed by atoms with Crippen molar-refractivity contribution in [2.75, 3.05) is 36.4 Å². The summed E-state index contributed by atoms with van der Waals surface area (Å²) in [6.45, 7) is 2.76. The summed E-state index contributed by atoms with van der Waals surface area (Å²) in [5.74, 6) is -0.128. The van der Waals surface area contributed by atoms with Crippen molar-refractivity contribution in [1.82, 2.24) is 20.1 Å². The summed E-state index contributed by atoms with van der Waals surface area (Å²) >= 11 is 0. The number of carbonyl (C=O) groups excluding carboxylic acids is 2. The highest BCUT2D eigenvalue weighted by molar-refractivity contribution is 5.95. The Balaban J connectivity index is 1.35. The van der Waals surface area contributed by atoms with Crippen LogP contribution >= 0.6 is 0 Å². The number of hydrogen-bond acceptors (Lipinski definition) is 5. The molecule has 1 aromatic heterocycles. The van der Waals surface area contributed by atoms with Gasteiger partial charge in [0.2, 0.25) is 17.8 Å². The van der Waals surface area contributed by atoms with Gasteiger partial charge >= 0.3 is 0 Å². The van der Waals surface area contributed by atoms with Crippen molar-refractivity contribution in [1.29, 1.82) is 0 Å². The number of rotatable bonds is 4. The van der Waals surface area contributed by atoms with Crippen LogP contribution in [0.3, 0.4) is 0 Å². The highest BCUT2D eigenvalue weighted by atomic mass is 19.1. The Morgan fingerprint density at radius 2 is 1.83 bits per heavy atom. The number of aromatic amines is 1. The van der Waals surface area contributed by atoms with Crippen LogP contribution in [0.25, 0.3) is 0 Å². The number of anilines is 2. The summed E-state index contributed by atoms with van der Waals surface area (Å²) in [6, 6.07) is 5.48. The molecule has 2 amide bonds. The first kappa shape index (κ1) is 19.4. The van der Waals surface area contributed by atoms with Crippen molar-refractivity contribution >= 4 is 23.7 Å². The van der Waals surface area contributed by atoms with Crippen LogP contribution < -0.4 is 10.2 Å². The van der Waals surface area contributed by atoms with Crippen molar-refractivity contribution in [3.63, 3.8) is 0 Å². The lowest BCUT2D eigenvalue weighted by Gasteiger charge is -2.32. The Bertz CT molecular complexity index is 862. The van der Waals surface area contributed by atoms with Gasteiger partial charge in [-0.3, -0.25) is 14.9 Å². The molecule has 3 heterocycles. The van der Waals surface area contributed by atoms with Crippen LogP contribution in [0.5, 0.6) is 0 Å². The summed E-state index contributed by atoms with van der Waals surface area (Å²) in [7, 11) is 0. The van der Waals surface area contributed by atoms with Crippen LogP contribution in [0.2, 0.25) is 0 Å². The van der Waals surface area contributed by atoms with Crippen molar-refractivity contribution in [2.45, 2.75) is 32.1 Å². The number of hydrogen-bond donors (Lipinski definition) is 2. The largest absolute Gasteiger partial charge is 0.340 e. The summed E-state index contributed by atoms with van der Waals surface area (Å²) in [5, 5.41) is 9.79. The average Bonchev–Trinajstić information content (AvgIpc) is 3.23. The fourth-order valence-corrected chi connectivity index (χ4v) is 3.91. The first-order valence-electron chi connectivity index (χ1n) is 10.1. The van der Waals surface area contributed by atoms with E-state index in [1.54, 1.807) is 4.90 Å². The van der Waals surface area contributed by atoms with E-state index in [1.807, 2.05) is 0 Å². The Morgan fingerprint density at radius 1 is 1.07 bits per heavy atom. The number of aromatic nitrogens is 3. The van der Waals surface area contributed by atoms with E-state index in [0.29, 0.717) is 37.0 Å². The lowest BCUT2D eigenvalue weighted by molar-refractivity contribution is -0.121. The van der Waals surface area contributed by atoms with Gasteiger partial charge in [0.1, 0.15) is 5.82 Å². The number of likely N-dealkylation sites (tertiary alicyclic amines) is 1. The minimum Gasteiger partial charge on any atom is -0.340 e. The second-order valence-electron chi connectivity index (χ2n) is 7.62. The van der Waals surface area contributed by atoms with Gasteiger partial charge in [-0.15, -0.1) is 5.10 Å². The van der Waals surface area contributed by atoms with E-state index in [1.165, 1.54) is 30.7 Å². The van der Waals surface area contributed by atoms with Crippen LogP contribution in [0.4, 0.5) is 16.3 Å². The predicted octanol–water partition coefficient (Wildman–Crippen LogP) is 2.42. The molecule has 2 N–H and O–H groups in total. The first-order valence-corrected chi connectivity index (χ1v) is 10.1. The Hall–Kier alpha value is -2.97. The zero-order valence-corrected chi connectivity index (χ0v) is 16.2. The van der Waals surface area contributed by atoms with Gasteiger partial charge in [-0.1, -0.05) is 0 Å². The maximum Gasteiger partial charge on any atom is 0.253 e. The predicted molar refractivity (Wildman–Crippen MR) is 106 cm³/mol. The van der Waals surface area contributed by atoms with E-state index in [4.69, 9.17) is 0 Å². The van der Waals surface area contributed by atoms with Gasteiger partial charge < -0.3 is 9.80 Å². The maximum absolute atomic E-state index is 13.1. The normalized spacial score (nSPS) is 19.8. The molecule has 8 nitrogen and oxygen atoms in total. The van der Waals surface area contributed by atoms with E-state index in [2.05, 4.69) is 25.4 Å². The number of halogens is 1. The van der Waals surface area contributed by atoms with Crippen LogP contribution in [0.15, 0.2) is 24.3 Å². The third-order valence-corrected chi connectivity index (χ3v) is 5.52. The molecule has 154 valence electrons. The molecule has 1 unspecified atom stereocenters. The average molecular weight is 400 g/mol. The van der Waals surface area contributed by atoms with Crippen LogP contribution in [0.1, 0.15) is 42.5 Å². The van der Waals surface area contributed by atoms with Crippen LogP contribution in [0, 0.1) is 11.7 Å².